The van der Waals surface area contributed by atoms with E-state index in [0.29, 0.717) is 18.5 Å². The lowest BCUT2D eigenvalue weighted by Gasteiger charge is -2.40. The molecule has 3 aromatic heterocycles. The number of aromatic nitrogens is 5. The Balaban J connectivity index is 1.47. The van der Waals surface area contributed by atoms with Gasteiger partial charge in [-0.05, 0) is 52.4 Å². The maximum atomic E-state index is 11.7. The van der Waals surface area contributed by atoms with Gasteiger partial charge in [0.2, 0.25) is 0 Å². The highest BCUT2D eigenvalue weighted by molar-refractivity contribution is 5.88. The molecule has 156 valence electrons. The average Bonchev–Trinajstić information content (AvgIpc) is 3.30. The topological polar surface area (TPSA) is 103 Å². The molecular formula is C20H29N7O2. The minimum atomic E-state index is -0.832. The van der Waals surface area contributed by atoms with Gasteiger partial charge in [0.15, 0.2) is 11.3 Å². The molecule has 0 radical (unpaired) electrons. The Bertz CT molecular complexity index is 1010. The molecular weight excluding hydrogens is 370 g/mol. The van der Waals surface area contributed by atoms with Crippen LogP contribution in [0.2, 0.25) is 0 Å². The third-order valence-corrected chi connectivity index (χ3v) is 6.16. The molecule has 1 fully saturated rings. The van der Waals surface area contributed by atoms with E-state index in [4.69, 9.17) is 0 Å². The summed E-state index contributed by atoms with van der Waals surface area (Å²) in [7, 11) is 2.12. The number of hydrogen-bond donors (Lipinski definition) is 2. The number of fused-ring (bicyclic) bond motifs is 3. The fraction of sp³-hybridized carbons (Fsp3) is 0.600. The van der Waals surface area contributed by atoms with Crippen LogP contribution in [0.5, 0.6) is 0 Å². The highest BCUT2D eigenvalue weighted by atomic mass is 16.4. The van der Waals surface area contributed by atoms with Gasteiger partial charge in [0.1, 0.15) is 11.8 Å². The number of carboxylic acid groups (broad SMARTS) is 1. The zero-order valence-electron chi connectivity index (χ0n) is 17.5. The number of carbonyl (C=O) groups is 1. The lowest BCUT2D eigenvalue weighted by atomic mass is 9.84. The van der Waals surface area contributed by atoms with Crippen LogP contribution in [0.3, 0.4) is 0 Å². The SMILES string of the molecule is CN(c1c[nH]c2ncc3nncn3c12)C1CCC(CN(C(=O)O)C(C)(C)C)CC1. The number of rotatable bonds is 4. The Labute approximate surface area is 169 Å². The number of anilines is 1. The van der Waals surface area contributed by atoms with E-state index in [1.807, 2.05) is 31.4 Å². The molecule has 9 nitrogen and oxygen atoms in total. The predicted molar refractivity (Wildman–Crippen MR) is 111 cm³/mol. The first kappa shape index (κ1) is 19.5. The third kappa shape index (κ3) is 3.61. The summed E-state index contributed by atoms with van der Waals surface area (Å²) < 4.78 is 1.96. The van der Waals surface area contributed by atoms with Crippen molar-refractivity contribution in [3.63, 3.8) is 0 Å². The van der Waals surface area contributed by atoms with Gasteiger partial charge in [-0.1, -0.05) is 0 Å². The van der Waals surface area contributed by atoms with Crippen molar-refractivity contribution in [2.75, 3.05) is 18.5 Å². The van der Waals surface area contributed by atoms with E-state index in [9.17, 15) is 9.90 Å². The molecule has 1 aliphatic carbocycles. The maximum Gasteiger partial charge on any atom is 0.407 e. The Hall–Kier alpha value is -2.84. The van der Waals surface area contributed by atoms with E-state index in [0.717, 1.165) is 48.2 Å². The summed E-state index contributed by atoms with van der Waals surface area (Å²) in [5.74, 6) is 0.407. The van der Waals surface area contributed by atoms with Gasteiger partial charge in [-0.3, -0.25) is 4.40 Å². The Kier molecular flexibility index (Phi) is 4.84. The Morgan fingerprint density at radius 2 is 2.03 bits per heavy atom. The van der Waals surface area contributed by atoms with E-state index in [1.54, 1.807) is 17.4 Å². The molecule has 0 aliphatic heterocycles. The first-order chi connectivity index (χ1) is 13.8. The van der Waals surface area contributed by atoms with Crippen LogP contribution in [0.1, 0.15) is 46.5 Å². The molecule has 29 heavy (non-hydrogen) atoms. The zero-order chi connectivity index (χ0) is 20.8. The van der Waals surface area contributed by atoms with Gasteiger partial charge in [-0.25, -0.2) is 9.78 Å². The smallest absolute Gasteiger partial charge is 0.407 e. The van der Waals surface area contributed by atoms with Crippen molar-refractivity contribution in [1.82, 2.24) is 29.5 Å². The van der Waals surface area contributed by atoms with Crippen molar-refractivity contribution < 1.29 is 9.90 Å². The minimum Gasteiger partial charge on any atom is -0.465 e. The van der Waals surface area contributed by atoms with Crippen molar-refractivity contribution in [3.8, 4) is 0 Å². The molecule has 0 spiro atoms. The fourth-order valence-corrected chi connectivity index (χ4v) is 4.43. The molecule has 0 bridgehead atoms. The quantitative estimate of drug-likeness (QED) is 0.697. The fourth-order valence-electron chi connectivity index (χ4n) is 4.43. The molecule has 3 heterocycles. The number of hydrogen-bond acceptors (Lipinski definition) is 5. The van der Waals surface area contributed by atoms with Crippen LogP contribution in [0.4, 0.5) is 10.5 Å². The minimum absolute atomic E-state index is 0.374. The molecule has 4 rings (SSSR count). The van der Waals surface area contributed by atoms with Gasteiger partial charge in [-0.15, -0.1) is 10.2 Å². The average molecular weight is 399 g/mol. The van der Waals surface area contributed by atoms with Gasteiger partial charge in [0.25, 0.3) is 0 Å². The molecule has 2 N–H and O–H groups in total. The molecule has 3 aromatic rings. The van der Waals surface area contributed by atoms with Crippen molar-refractivity contribution >= 4 is 28.6 Å². The largest absolute Gasteiger partial charge is 0.465 e. The van der Waals surface area contributed by atoms with Crippen molar-refractivity contribution in [2.45, 2.75) is 58.0 Å². The molecule has 0 aromatic carbocycles. The second-order valence-electron chi connectivity index (χ2n) is 9.04. The van der Waals surface area contributed by atoms with Crippen molar-refractivity contribution in [1.29, 1.82) is 0 Å². The van der Waals surface area contributed by atoms with Crippen molar-refractivity contribution in [2.24, 2.45) is 5.92 Å². The summed E-state index contributed by atoms with van der Waals surface area (Å²) in [5.41, 5.74) is 3.24. The van der Waals surface area contributed by atoms with Crippen LogP contribution in [-0.4, -0.2) is 65.8 Å². The van der Waals surface area contributed by atoms with Crippen LogP contribution < -0.4 is 4.90 Å². The molecule has 9 heteroatoms. The summed E-state index contributed by atoms with van der Waals surface area (Å²) in [6, 6.07) is 0.407. The van der Waals surface area contributed by atoms with Gasteiger partial charge < -0.3 is 19.9 Å². The Morgan fingerprint density at radius 3 is 2.69 bits per heavy atom. The predicted octanol–water partition coefficient (Wildman–Crippen LogP) is 3.38. The Morgan fingerprint density at radius 1 is 1.31 bits per heavy atom. The van der Waals surface area contributed by atoms with E-state index in [1.165, 1.54) is 0 Å². The van der Waals surface area contributed by atoms with E-state index < -0.39 is 6.09 Å². The first-order valence-electron chi connectivity index (χ1n) is 10.1. The number of aromatic amines is 1. The summed E-state index contributed by atoms with van der Waals surface area (Å²) in [6.45, 7) is 6.47. The molecule has 1 aliphatic rings. The van der Waals surface area contributed by atoms with Gasteiger partial charge in [-0.2, -0.15) is 0 Å². The first-order valence-corrected chi connectivity index (χ1v) is 10.1. The van der Waals surface area contributed by atoms with Gasteiger partial charge in [0.05, 0.1) is 11.9 Å². The number of nitrogens with zero attached hydrogens (tertiary/aromatic N) is 6. The van der Waals surface area contributed by atoms with Crippen LogP contribution in [-0.2, 0) is 0 Å². The summed E-state index contributed by atoms with van der Waals surface area (Å²) in [5, 5.41) is 17.7. The van der Waals surface area contributed by atoms with Crippen molar-refractivity contribution in [3.05, 3.63) is 18.7 Å². The molecule has 1 amide bonds. The van der Waals surface area contributed by atoms with E-state index in [2.05, 4.69) is 32.1 Å². The summed E-state index contributed by atoms with van der Waals surface area (Å²) in [4.78, 5) is 23.2. The van der Waals surface area contributed by atoms with Crippen LogP contribution in [0.15, 0.2) is 18.7 Å². The second-order valence-corrected chi connectivity index (χ2v) is 9.04. The normalized spacial score (nSPS) is 20.3. The maximum absolute atomic E-state index is 11.7. The molecule has 0 unspecified atom stereocenters. The summed E-state index contributed by atoms with van der Waals surface area (Å²) >= 11 is 0. The molecule has 1 saturated carbocycles. The number of amides is 1. The molecule has 0 saturated heterocycles. The highest BCUT2D eigenvalue weighted by Crippen LogP contribution is 2.34. The van der Waals surface area contributed by atoms with Crippen LogP contribution >= 0.6 is 0 Å². The molecule has 0 atom stereocenters. The third-order valence-electron chi connectivity index (χ3n) is 6.16. The van der Waals surface area contributed by atoms with Crippen LogP contribution in [0, 0.1) is 5.92 Å². The zero-order valence-corrected chi connectivity index (χ0v) is 17.5. The lowest BCUT2D eigenvalue weighted by Crippen LogP contribution is -2.48. The monoisotopic (exact) mass is 399 g/mol. The number of H-pyrrole nitrogens is 1. The standard InChI is InChI=1S/C20H29N7O2/c1-20(2,3)27(19(28)29)11-13-5-7-14(8-6-13)25(4)15-9-21-18-17(15)26-12-23-24-16(26)10-22-18/h9-10,12-14,21H,5-8,11H2,1-4H3,(H,28,29). The van der Waals surface area contributed by atoms with Crippen LogP contribution in [0.25, 0.3) is 16.8 Å². The van der Waals surface area contributed by atoms with E-state index in [-0.39, 0.29) is 5.54 Å². The van der Waals surface area contributed by atoms with Gasteiger partial charge in [0, 0.05) is 31.4 Å². The lowest BCUT2D eigenvalue weighted by molar-refractivity contribution is 0.0821. The highest BCUT2D eigenvalue weighted by Gasteiger charge is 2.32. The second kappa shape index (κ2) is 7.20. The van der Waals surface area contributed by atoms with Gasteiger partial charge >= 0.3 is 6.09 Å². The summed E-state index contributed by atoms with van der Waals surface area (Å²) in [6.07, 6.45) is 8.72. The number of nitrogens with one attached hydrogen (secondary N) is 1. The van der Waals surface area contributed by atoms with E-state index >= 15 is 0 Å².